The molecule has 0 aromatic carbocycles. The molecule has 1 atom stereocenters. The highest BCUT2D eigenvalue weighted by Crippen LogP contribution is 2.21. The summed E-state index contributed by atoms with van der Waals surface area (Å²) in [6.45, 7) is 3.52. The van der Waals surface area contributed by atoms with Gasteiger partial charge in [-0.3, -0.25) is 4.79 Å². The predicted octanol–water partition coefficient (Wildman–Crippen LogP) is 1.95. The summed E-state index contributed by atoms with van der Waals surface area (Å²) in [5.74, 6) is 0.285. The number of piperidine rings is 1. The number of hydrogen-bond acceptors (Lipinski definition) is 6. The van der Waals surface area contributed by atoms with Crippen LogP contribution in [0.5, 0.6) is 11.9 Å². The van der Waals surface area contributed by atoms with E-state index < -0.39 is 0 Å². The zero-order valence-corrected chi connectivity index (χ0v) is 13.6. The normalized spacial score (nSPS) is 17.4. The van der Waals surface area contributed by atoms with Crippen molar-refractivity contribution < 1.29 is 14.3 Å². The first-order chi connectivity index (χ1) is 11.8. The van der Waals surface area contributed by atoms with E-state index in [1.165, 1.54) is 0 Å². The second-order valence-corrected chi connectivity index (χ2v) is 5.45. The molecule has 0 saturated carbocycles. The lowest BCUT2D eigenvalue weighted by atomic mass is 10.1. The van der Waals surface area contributed by atoms with Crippen LogP contribution in [0, 0.1) is 0 Å². The van der Waals surface area contributed by atoms with Crippen LogP contribution in [0.25, 0.3) is 0 Å². The first-order valence-corrected chi connectivity index (χ1v) is 8.08. The average molecular weight is 328 g/mol. The summed E-state index contributed by atoms with van der Waals surface area (Å²) in [5, 5.41) is 0. The number of likely N-dealkylation sites (tertiary alicyclic amines) is 1. The first-order valence-electron chi connectivity index (χ1n) is 8.08. The number of carbonyl (C=O) groups is 1. The minimum Gasteiger partial charge on any atom is -0.477 e. The highest BCUT2D eigenvalue weighted by molar-refractivity contribution is 5.96. The van der Waals surface area contributed by atoms with Gasteiger partial charge in [-0.05, 0) is 38.0 Å². The van der Waals surface area contributed by atoms with Gasteiger partial charge in [0, 0.05) is 25.1 Å². The quantitative estimate of drug-likeness (QED) is 0.835. The summed E-state index contributed by atoms with van der Waals surface area (Å²) in [6, 6.07) is 5.56. The van der Waals surface area contributed by atoms with Gasteiger partial charge in [0.25, 0.3) is 5.91 Å². The van der Waals surface area contributed by atoms with Gasteiger partial charge in [-0.15, -0.1) is 0 Å². The Hall–Kier alpha value is -2.70. The van der Waals surface area contributed by atoms with Crippen molar-refractivity contribution in [2.75, 3.05) is 19.7 Å². The van der Waals surface area contributed by atoms with Crippen molar-refractivity contribution in [2.24, 2.45) is 0 Å². The number of carbonyl (C=O) groups excluding carboxylic acids is 1. The Morgan fingerprint density at radius 1 is 1.25 bits per heavy atom. The van der Waals surface area contributed by atoms with E-state index >= 15 is 0 Å². The van der Waals surface area contributed by atoms with Crippen molar-refractivity contribution in [3.05, 3.63) is 42.4 Å². The lowest BCUT2D eigenvalue weighted by molar-refractivity contribution is 0.0511. The summed E-state index contributed by atoms with van der Waals surface area (Å²) < 4.78 is 11.2. The molecule has 3 heterocycles. The first kappa shape index (κ1) is 16.2. The van der Waals surface area contributed by atoms with Gasteiger partial charge >= 0.3 is 6.01 Å². The van der Waals surface area contributed by atoms with Crippen molar-refractivity contribution in [1.82, 2.24) is 19.9 Å². The molecule has 0 radical (unpaired) electrons. The molecule has 0 aliphatic carbocycles. The molecule has 1 aliphatic heterocycles. The van der Waals surface area contributed by atoms with Gasteiger partial charge in [0.1, 0.15) is 11.7 Å². The van der Waals surface area contributed by atoms with E-state index in [9.17, 15) is 4.79 Å². The maximum atomic E-state index is 12.8. The van der Waals surface area contributed by atoms with Crippen LogP contribution in [-0.4, -0.2) is 51.6 Å². The van der Waals surface area contributed by atoms with E-state index in [0.717, 1.165) is 12.8 Å². The fourth-order valence-electron chi connectivity index (χ4n) is 2.69. The Balaban J connectivity index is 1.69. The van der Waals surface area contributed by atoms with Crippen molar-refractivity contribution in [2.45, 2.75) is 25.9 Å². The number of amides is 1. The van der Waals surface area contributed by atoms with Gasteiger partial charge in [-0.25, -0.2) is 15.0 Å². The average Bonchev–Trinajstić information content (AvgIpc) is 2.63. The molecule has 1 amide bonds. The van der Waals surface area contributed by atoms with Crippen LogP contribution in [0.15, 0.2) is 36.8 Å². The van der Waals surface area contributed by atoms with Crippen LogP contribution in [0.1, 0.15) is 30.1 Å². The van der Waals surface area contributed by atoms with Crippen LogP contribution in [0.3, 0.4) is 0 Å². The lowest BCUT2D eigenvalue weighted by Gasteiger charge is -2.32. The van der Waals surface area contributed by atoms with Gasteiger partial charge in [0.15, 0.2) is 0 Å². The Morgan fingerprint density at radius 3 is 2.83 bits per heavy atom. The number of nitrogens with zero attached hydrogens (tertiary/aromatic N) is 4. The fourth-order valence-corrected chi connectivity index (χ4v) is 2.69. The molecule has 7 heteroatoms. The molecular weight excluding hydrogens is 308 g/mol. The molecule has 24 heavy (non-hydrogen) atoms. The van der Waals surface area contributed by atoms with Gasteiger partial charge in [-0.1, -0.05) is 0 Å². The third-order valence-corrected chi connectivity index (χ3v) is 3.76. The third kappa shape index (κ3) is 3.79. The van der Waals surface area contributed by atoms with Gasteiger partial charge < -0.3 is 14.4 Å². The van der Waals surface area contributed by atoms with Crippen LogP contribution in [0.2, 0.25) is 0 Å². The zero-order chi connectivity index (χ0) is 16.8. The second kappa shape index (κ2) is 7.72. The van der Waals surface area contributed by atoms with Crippen LogP contribution < -0.4 is 9.47 Å². The summed E-state index contributed by atoms with van der Waals surface area (Å²) in [6.07, 6.45) is 6.52. The van der Waals surface area contributed by atoms with Crippen molar-refractivity contribution >= 4 is 5.91 Å². The Labute approximate surface area is 140 Å². The minimum absolute atomic E-state index is 0.0890. The van der Waals surface area contributed by atoms with Crippen LogP contribution >= 0.6 is 0 Å². The molecule has 1 aliphatic rings. The van der Waals surface area contributed by atoms with E-state index in [1.54, 1.807) is 41.7 Å². The maximum Gasteiger partial charge on any atom is 0.316 e. The maximum absolute atomic E-state index is 12.8. The molecule has 0 N–H and O–H groups in total. The molecule has 7 nitrogen and oxygen atoms in total. The van der Waals surface area contributed by atoms with Crippen molar-refractivity contribution in [3.63, 3.8) is 0 Å². The summed E-state index contributed by atoms with van der Waals surface area (Å²) in [7, 11) is 0. The minimum atomic E-state index is -0.114. The standard InChI is InChI=1S/C17H20N4O3/c1-2-23-15-14(7-3-8-18-15)16(22)21-11-4-6-13(12-21)24-17-19-9-5-10-20-17/h3,5,7-10,13H,2,4,6,11-12H2,1H3. The Kier molecular flexibility index (Phi) is 5.20. The highest BCUT2D eigenvalue weighted by Gasteiger charge is 2.28. The van der Waals surface area contributed by atoms with Crippen LogP contribution in [-0.2, 0) is 0 Å². The van der Waals surface area contributed by atoms with Crippen molar-refractivity contribution in [3.8, 4) is 11.9 Å². The smallest absolute Gasteiger partial charge is 0.316 e. The lowest BCUT2D eigenvalue weighted by Crippen LogP contribution is -2.44. The SMILES string of the molecule is CCOc1ncccc1C(=O)N1CCCC(Oc2ncccn2)C1. The van der Waals surface area contributed by atoms with Gasteiger partial charge in [0.2, 0.25) is 5.88 Å². The van der Waals surface area contributed by atoms with E-state index in [4.69, 9.17) is 9.47 Å². The summed E-state index contributed by atoms with van der Waals surface area (Å²) in [5.41, 5.74) is 0.482. The molecule has 1 unspecified atom stereocenters. The molecule has 0 bridgehead atoms. The monoisotopic (exact) mass is 328 g/mol. The van der Waals surface area contributed by atoms with Crippen molar-refractivity contribution in [1.29, 1.82) is 0 Å². The molecule has 1 fully saturated rings. The molecule has 2 aromatic heterocycles. The van der Waals surface area contributed by atoms with Gasteiger partial charge in [-0.2, -0.15) is 0 Å². The third-order valence-electron chi connectivity index (χ3n) is 3.76. The number of hydrogen-bond donors (Lipinski definition) is 0. The highest BCUT2D eigenvalue weighted by atomic mass is 16.5. The second-order valence-electron chi connectivity index (χ2n) is 5.45. The van der Waals surface area contributed by atoms with E-state index in [2.05, 4.69) is 15.0 Å². The largest absolute Gasteiger partial charge is 0.477 e. The molecule has 3 rings (SSSR count). The molecular formula is C17H20N4O3. The summed E-state index contributed by atoms with van der Waals surface area (Å²) in [4.78, 5) is 26.9. The number of aromatic nitrogens is 3. The molecule has 126 valence electrons. The van der Waals surface area contributed by atoms with Gasteiger partial charge in [0.05, 0.1) is 13.2 Å². The molecule has 1 saturated heterocycles. The van der Waals surface area contributed by atoms with E-state index in [-0.39, 0.29) is 12.0 Å². The molecule has 2 aromatic rings. The zero-order valence-electron chi connectivity index (χ0n) is 13.6. The number of rotatable bonds is 5. The summed E-state index contributed by atoms with van der Waals surface area (Å²) >= 11 is 0. The predicted molar refractivity (Wildman–Crippen MR) is 87.0 cm³/mol. The number of ether oxygens (including phenoxy) is 2. The molecule has 0 spiro atoms. The van der Waals surface area contributed by atoms with Crippen LogP contribution in [0.4, 0.5) is 0 Å². The fraction of sp³-hybridized carbons (Fsp3) is 0.412. The van der Waals surface area contributed by atoms with E-state index in [0.29, 0.717) is 37.2 Å². The Morgan fingerprint density at radius 2 is 2.04 bits per heavy atom. The van der Waals surface area contributed by atoms with E-state index in [1.807, 2.05) is 6.92 Å². The topological polar surface area (TPSA) is 77.4 Å². The Bertz CT molecular complexity index is 681. The number of pyridine rings is 1.